The number of rotatable bonds is 17. The van der Waals surface area contributed by atoms with Crippen molar-refractivity contribution >= 4 is 36.1 Å². The highest BCUT2D eigenvalue weighted by Gasteiger charge is 2.40. The molecular formula is C34H45ClN4O11. The van der Waals surface area contributed by atoms with Crippen molar-refractivity contribution in [2.45, 2.75) is 52.2 Å². The molecule has 1 heterocycles. The molecule has 2 aromatic rings. The van der Waals surface area contributed by atoms with Crippen LogP contribution in [-0.4, -0.2) is 96.3 Å². The van der Waals surface area contributed by atoms with Gasteiger partial charge in [0.2, 0.25) is 0 Å². The predicted octanol–water partition coefficient (Wildman–Crippen LogP) is 4.15. The van der Waals surface area contributed by atoms with Crippen LogP contribution in [0.2, 0.25) is 0 Å². The van der Waals surface area contributed by atoms with Gasteiger partial charge in [0.25, 0.3) is 5.69 Å². The van der Waals surface area contributed by atoms with Crippen LogP contribution in [0.1, 0.15) is 46.1 Å². The molecule has 0 saturated carbocycles. The Bertz CT molecular complexity index is 1590. The van der Waals surface area contributed by atoms with Crippen molar-refractivity contribution in [1.29, 1.82) is 0 Å². The Morgan fingerprint density at radius 3 is 2.32 bits per heavy atom. The lowest BCUT2D eigenvalue weighted by Gasteiger charge is -2.36. The third kappa shape index (κ3) is 10.8. The highest BCUT2D eigenvalue weighted by Crippen LogP contribution is 2.40. The zero-order chi connectivity index (χ0) is 36.3. The van der Waals surface area contributed by atoms with E-state index in [1.165, 1.54) is 43.2 Å². The van der Waals surface area contributed by atoms with Crippen LogP contribution in [0.4, 0.5) is 10.5 Å². The second kappa shape index (κ2) is 18.8. The van der Waals surface area contributed by atoms with Gasteiger partial charge in [-0.2, -0.15) is 0 Å². The van der Waals surface area contributed by atoms with Crippen molar-refractivity contribution < 1.29 is 48.5 Å². The second-order valence-electron chi connectivity index (χ2n) is 11.8. The molecule has 0 spiro atoms. The normalized spacial score (nSPS) is 14.9. The third-order valence-electron chi connectivity index (χ3n) is 7.56. The number of nitrogens with one attached hydrogen (secondary N) is 2. The van der Waals surface area contributed by atoms with Crippen LogP contribution in [0.25, 0.3) is 0 Å². The molecule has 2 unspecified atom stereocenters. The summed E-state index contributed by atoms with van der Waals surface area (Å²) in [6.07, 6.45) is -1.65. The Morgan fingerprint density at radius 2 is 1.72 bits per heavy atom. The molecule has 15 nitrogen and oxygen atoms in total. The molecule has 2 atom stereocenters. The number of carboxylic acids is 1. The number of non-ortho nitro benzene ring substituents is 1. The number of β-amino-alcohol motifs (C(OH)–C–C–N with tert-alkyl or cyclic N) is 1. The van der Waals surface area contributed by atoms with Gasteiger partial charge in [-0.25, -0.2) is 14.4 Å². The first kappa shape index (κ1) is 41.3. The lowest BCUT2D eigenvalue weighted by molar-refractivity contribution is -0.384. The van der Waals surface area contributed by atoms with Crippen molar-refractivity contribution in [2.75, 3.05) is 46.6 Å². The van der Waals surface area contributed by atoms with E-state index in [0.29, 0.717) is 11.5 Å². The molecule has 4 N–H and O–H groups in total. The number of dihydropyridines is 1. The van der Waals surface area contributed by atoms with Gasteiger partial charge < -0.3 is 44.7 Å². The molecule has 1 amide bonds. The molecule has 0 fully saturated rings. The highest BCUT2D eigenvalue weighted by molar-refractivity contribution is 5.99. The van der Waals surface area contributed by atoms with E-state index in [9.17, 15) is 34.7 Å². The predicted molar refractivity (Wildman–Crippen MR) is 185 cm³/mol. The lowest BCUT2D eigenvalue weighted by Crippen LogP contribution is -2.54. The van der Waals surface area contributed by atoms with Crippen LogP contribution in [-0.2, 0) is 19.1 Å². The molecule has 0 aliphatic carbocycles. The minimum Gasteiger partial charge on any atom is -0.493 e. The molecular weight excluding hydrogens is 676 g/mol. The molecule has 0 bridgehead atoms. The zero-order valence-electron chi connectivity index (χ0n) is 28.9. The van der Waals surface area contributed by atoms with Gasteiger partial charge in [-0.1, -0.05) is 24.3 Å². The van der Waals surface area contributed by atoms with Gasteiger partial charge in [-0.05, 0) is 52.3 Å². The van der Waals surface area contributed by atoms with Crippen molar-refractivity contribution in [1.82, 2.24) is 15.5 Å². The number of carbonyl (C=O) groups is 3. The van der Waals surface area contributed by atoms with E-state index in [-0.39, 0.29) is 85.7 Å². The van der Waals surface area contributed by atoms with Gasteiger partial charge in [0.05, 0.1) is 48.9 Å². The van der Waals surface area contributed by atoms with Gasteiger partial charge in [0, 0.05) is 42.2 Å². The first-order valence-corrected chi connectivity index (χ1v) is 15.7. The van der Waals surface area contributed by atoms with Crippen LogP contribution in [0.3, 0.4) is 0 Å². The number of para-hydroxylation sites is 2. The number of aliphatic carboxylic acids is 1. The molecule has 1 aliphatic rings. The number of halogens is 1. The summed E-state index contributed by atoms with van der Waals surface area (Å²) in [7, 11) is 1.52. The first-order valence-electron chi connectivity index (χ1n) is 15.7. The maximum absolute atomic E-state index is 13.6. The average Bonchev–Trinajstić information content (AvgIpc) is 3.05. The fourth-order valence-corrected chi connectivity index (χ4v) is 5.41. The minimum atomic E-state index is -1.34. The van der Waals surface area contributed by atoms with E-state index in [2.05, 4.69) is 10.6 Å². The summed E-state index contributed by atoms with van der Waals surface area (Å²) in [6, 6.07) is 12.4. The SMILES string of the molecule is CCOC(=O)C1=C(CN(CC(C)(C)NCC(O)COc2ccccc2OC)C(=O)OCC)NC(C)=C(C(=O)O)C1c1cccc([N+](=O)[O-])c1.Cl. The molecule has 0 radical (unpaired) electrons. The molecule has 1 aliphatic heterocycles. The number of esters is 1. The fraction of sp³-hybridized carbons (Fsp3) is 0.441. The Balaban J connectivity index is 0.00000867. The smallest absolute Gasteiger partial charge is 0.410 e. The number of hydrogen-bond donors (Lipinski definition) is 4. The van der Waals surface area contributed by atoms with Crippen LogP contribution in [0, 0.1) is 10.1 Å². The Labute approximate surface area is 296 Å². The Morgan fingerprint density at radius 1 is 1.06 bits per heavy atom. The van der Waals surface area contributed by atoms with Gasteiger partial charge in [0.15, 0.2) is 11.5 Å². The number of aliphatic hydroxyl groups is 1. The van der Waals surface area contributed by atoms with E-state index < -0.39 is 40.5 Å². The molecule has 16 heteroatoms. The molecule has 0 aromatic heterocycles. The summed E-state index contributed by atoms with van der Waals surface area (Å²) in [5, 5.41) is 38.7. The monoisotopic (exact) mass is 720 g/mol. The number of carboxylic acid groups (broad SMARTS) is 1. The number of hydrogen-bond acceptors (Lipinski definition) is 12. The maximum Gasteiger partial charge on any atom is 0.410 e. The summed E-state index contributed by atoms with van der Waals surface area (Å²) in [5.41, 5.74) is -0.927. The standard InChI is InChI=1S/C34H44N4O11.ClH/c1-7-47-32(42)30-25(36-21(3)28(31(40)41)29(30)22-12-11-13-23(16-22)38(44)45)18-37(33(43)48-8-2)20-34(4,5)35-17-24(39)19-49-27-15-10-9-14-26(27)46-6;/h9-16,24,29,35-36,39H,7-8,17-20H2,1-6H3,(H,40,41);1H. The number of ether oxygens (including phenoxy) is 4. The number of nitro groups is 1. The number of benzene rings is 2. The number of methoxy groups -OCH3 is 1. The van der Waals surface area contributed by atoms with E-state index in [0.717, 1.165) is 0 Å². The van der Waals surface area contributed by atoms with Crippen LogP contribution < -0.4 is 20.1 Å². The highest BCUT2D eigenvalue weighted by atomic mass is 35.5. The lowest BCUT2D eigenvalue weighted by atomic mass is 9.80. The van der Waals surface area contributed by atoms with Crippen molar-refractivity contribution in [3.05, 3.63) is 86.7 Å². The fourth-order valence-electron chi connectivity index (χ4n) is 5.41. The number of allylic oxidation sites excluding steroid dienone is 1. The Kier molecular flexibility index (Phi) is 15.5. The van der Waals surface area contributed by atoms with Crippen LogP contribution >= 0.6 is 12.4 Å². The van der Waals surface area contributed by atoms with Crippen LogP contribution in [0.5, 0.6) is 11.5 Å². The summed E-state index contributed by atoms with van der Waals surface area (Å²) in [6.45, 7) is 8.19. The summed E-state index contributed by atoms with van der Waals surface area (Å²) >= 11 is 0. The Hall–Kier alpha value is -4.86. The quantitative estimate of drug-likeness (QED) is 0.103. The number of nitro benzene ring substituents is 1. The number of carbonyl (C=O) groups excluding carboxylic acids is 2. The molecule has 0 saturated heterocycles. The van der Waals surface area contributed by atoms with E-state index in [4.69, 9.17) is 18.9 Å². The summed E-state index contributed by atoms with van der Waals surface area (Å²) in [5.74, 6) is -2.47. The zero-order valence-corrected chi connectivity index (χ0v) is 29.7. The minimum absolute atomic E-state index is 0. The van der Waals surface area contributed by atoms with Crippen LogP contribution in [0.15, 0.2) is 71.1 Å². The van der Waals surface area contributed by atoms with Crippen molar-refractivity contribution in [3.63, 3.8) is 0 Å². The first-order chi connectivity index (χ1) is 23.2. The van der Waals surface area contributed by atoms with Gasteiger partial charge in [-0.3, -0.25) is 10.1 Å². The number of nitrogens with zero attached hydrogens (tertiary/aromatic N) is 2. The van der Waals surface area contributed by atoms with Gasteiger partial charge in [-0.15, -0.1) is 12.4 Å². The molecule has 50 heavy (non-hydrogen) atoms. The molecule has 2 aromatic carbocycles. The van der Waals surface area contributed by atoms with Crippen molar-refractivity contribution in [2.24, 2.45) is 0 Å². The molecule has 274 valence electrons. The van der Waals surface area contributed by atoms with E-state index in [1.807, 2.05) is 13.8 Å². The second-order valence-corrected chi connectivity index (χ2v) is 11.8. The summed E-state index contributed by atoms with van der Waals surface area (Å²) < 4.78 is 21.7. The van der Waals surface area contributed by atoms with Gasteiger partial charge in [0.1, 0.15) is 12.7 Å². The topological polar surface area (TPSA) is 199 Å². The van der Waals surface area contributed by atoms with Gasteiger partial charge >= 0.3 is 18.0 Å². The largest absolute Gasteiger partial charge is 0.493 e. The van der Waals surface area contributed by atoms with E-state index in [1.54, 1.807) is 38.1 Å². The average molecular weight is 721 g/mol. The summed E-state index contributed by atoms with van der Waals surface area (Å²) in [4.78, 5) is 51.8. The van der Waals surface area contributed by atoms with Crippen molar-refractivity contribution in [3.8, 4) is 11.5 Å². The third-order valence-corrected chi connectivity index (χ3v) is 7.56. The maximum atomic E-state index is 13.6. The molecule has 3 rings (SSSR count). The number of amides is 1. The number of aliphatic hydroxyl groups excluding tert-OH is 1. The van der Waals surface area contributed by atoms with E-state index >= 15 is 0 Å².